The zero-order valence-electron chi connectivity index (χ0n) is 13.7. The number of benzene rings is 1. The van der Waals surface area contributed by atoms with E-state index in [4.69, 9.17) is 9.84 Å². The minimum absolute atomic E-state index is 0.269. The van der Waals surface area contributed by atoms with Crippen LogP contribution in [0.5, 0.6) is 5.75 Å². The number of carbonyl (C=O) groups is 1. The maximum Gasteiger partial charge on any atom is 0.347 e. The van der Waals surface area contributed by atoms with E-state index in [-0.39, 0.29) is 4.88 Å². The van der Waals surface area contributed by atoms with Gasteiger partial charge in [0, 0.05) is 24.4 Å². The van der Waals surface area contributed by atoms with Crippen molar-refractivity contribution < 1.29 is 14.6 Å². The van der Waals surface area contributed by atoms with Crippen molar-refractivity contribution in [3.8, 4) is 16.3 Å². The Kier molecular flexibility index (Phi) is 5.50. The fraction of sp³-hybridized carbons (Fsp3) is 0.353. The molecule has 23 heavy (non-hydrogen) atoms. The molecule has 0 unspecified atom stereocenters. The third kappa shape index (κ3) is 4.16. The third-order valence-corrected chi connectivity index (χ3v) is 4.28. The summed E-state index contributed by atoms with van der Waals surface area (Å²) in [4.78, 5) is 19.9. The first kappa shape index (κ1) is 17.1. The van der Waals surface area contributed by atoms with E-state index < -0.39 is 5.97 Å². The summed E-state index contributed by atoms with van der Waals surface area (Å²) in [6.45, 7) is 6.52. The van der Waals surface area contributed by atoms with E-state index in [1.54, 1.807) is 20.2 Å². The molecule has 0 aliphatic carbocycles. The number of thiazole rings is 1. The van der Waals surface area contributed by atoms with Crippen LogP contribution in [0, 0.1) is 12.8 Å². The molecule has 1 aromatic carbocycles. The lowest BCUT2D eigenvalue weighted by Crippen LogP contribution is -2.06. The van der Waals surface area contributed by atoms with E-state index in [9.17, 15) is 4.79 Å². The van der Waals surface area contributed by atoms with Crippen LogP contribution in [0.4, 0.5) is 0 Å². The van der Waals surface area contributed by atoms with Gasteiger partial charge in [-0.2, -0.15) is 0 Å². The molecule has 2 rings (SSSR count). The molecule has 6 heteroatoms. The Balaban J connectivity index is 2.39. The summed E-state index contributed by atoms with van der Waals surface area (Å²) in [5.41, 5.74) is 2.25. The first-order valence-electron chi connectivity index (χ1n) is 7.32. The lowest BCUT2D eigenvalue weighted by molar-refractivity contribution is 0.0701. The molecular formula is C17H20N2O3S. The quantitative estimate of drug-likeness (QED) is 0.814. The van der Waals surface area contributed by atoms with Gasteiger partial charge in [-0.15, -0.1) is 11.3 Å². The molecule has 5 nitrogen and oxygen atoms in total. The number of aryl methyl sites for hydroxylation is 1. The summed E-state index contributed by atoms with van der Waals surface area (Å²) in [5, 5.41) is 9.84. The van der Waals surface area contributed by atoms with Crippen LogP contribution in [0.2, 0.25) is 0 Å². The highest BCUT2D eigenvalue weighted by molar-refractivity contribution is 7.17. The molecule has 1 aromatic heterocycles. The number of carboxylic acids is 1. The van der Waals surface area contributed by atoms with Crippen molar-refractivity contribution in [2.75, 3.05) is 13.7 Å². The molecule has 0 saturated carbocycles. The average molecular weight is 332 g/mol. The molecule has 0 spiro atoms. The van der Waals surface area contributed by atoms with Crippen molar-refractivity contribution in [3.05, 3.63) is 34.3 Å². The molecule has 2 aromatic rings. The van der Waals surface area contributed by atoms with Gasteiger partial charge in [0.05, 0.1) is 12.3 Å². The Labute approximate surface area is 139 Å². The summed E-state index contributed by atoms with van der Waals surface area (Å²) < 4.78 is 5.81. The first-order valence-corrected chi connectivity index (χ1v) is 8.14. The lowest BCUT2D eigenvalue weighted by atomic mass is 10.1. The molecule has 1 heterocycles. The Bertz CT molecular complexity index is 735. The highest BCUT2D eigenvalue weighted by Gasteiger charge is 2.16. The van der Waals surface area contributed by atoms with Crippen molar-refractivity contribution >= 4 is 23.5 Å². The van der Waals surface area contributed by atoms with Gasteiger partial charge in [-0.1, -0.05) is 13.8 Å². The van der Waals surface area contributed by atoms with E-state index in [0.29, 0.717) is 23.2 Å². The zero-order valence-corrected chi connectivity index (χ0v) is 14.5. The van der Waals surface area contributed by atoms with Crippen molar-refractivity contribution in [2.45, 2.75) is 20.8 Å². The highest BCUT2D eigenvalue weighted by Crippen LogP contribution is 2.31. The van der Waals surface area contributed by atoms with Crippen LogP contribution in [-0.2, 0) is 0 Å². The third-order valence-electron chi connectivity index (χ3n) is 3.09. The number of ether oxygens (including phenoxy) is 1. The maximum atomic E-state index is 11.2. The predicted molar refractivity (Wildman–Crippen MR) is 93.1 cm³/mol. The largest absolute Gasteiger partial charge is 0.493 e. The normalized spacial score (nSPS) is 11.3. The molecule has 0 fully saturated rings. The molecule has 0 aliphatic heterocycles. The number of aromatic carboxylic acids is 1. The minimum atomic E-state index is -0.946. The van der Waals surface area contributed by atoms with E-state index >= 15 is 0 Å². The molecule has 0 atom stereocenters. The second-order valence-corrected chi connectivity index (χ2v) is 6.58. The monoisotopic (exact) mass is 332 g/mol. The summed E-state index contributed by atoms with van der Waals surface area (Å²) in [6, 6.07) is 5.70. The van der Waals surface area contributed by atoms with Crippen molar-refractivity contribution in [1.82, 2.24) is 4.98 Å². The molecule has 122 valence electrons. The van der Waals surface area contributed by atoms with E-state index in [1.807, 2.05) is 18.2 Å². The second-order valence-electron chi connectivity index (χ2n) is 5.58. The molecular weight excluding hydrogens is 312 g/mol. The number of rotatable bonds is 6. The second kappa shape index (κ2) is 7.37. The molecule has 0 aliphatic rings. The van der Waals surface area contributed by atoms with Gasteiger partial charge in [-0.3, -0.25) is 4.99 Å². The summed E-state index contributed by atoms with van der Waals surface area (Å²) in [5.74, 6) is 0.249. The Morgan fingerprint density at radius 1 is 1.48 bits per heavy atom. The maximum absolute atomic E-state index is 11.2. The summed E-state index contributed by atoms with van der Waals surface area (Å²) >= 11 is 1.18. The number of aromatic nitrogens is 1. The molecule has 0 amide bonds. The summed E-state index contributed by atoms with van der Waals surface area (Å²) in [7, 11) is 1.70. The smallest absolute Gasteiger partial charge is 0.347 e. The van der Waals surface area contributed by atoms with Crippen LogP contribution in [0.3, 0.4) is 0 Å². The number of carboxylic acid groups (broad SMARTS) is 1. The van der Waals surface area contributed by atoms with Crippen LogP contribution in [0.25, 0.3) is 10.6 Å². The minimum Gasteiger partial charge on any atom is -0.493 e. The van der Waals surface area contributed by atoms with E-state index in [0.717, 1.165) is 16.9 Å². The number of hydrogen-bond acceptors (Lipinski definition) is 5. The topological polar surface area (TPSA) is 71.8 Å². The number of nitrogens with zero attached hydrogens (tertiary/aromatic N) is 2. The van der Waals surface area contributed by atoms with Gasteiger partial charge in [-0.05, 0) is 31.0 Å². The number of hydrogen-bond donors (Lipinski definition) is 1. The Morgan fingerprint density at radius 3 is 2.78 bits per heavy atom. The fourth-order valence-electron chi connectivity index (χ4n) is 2.03. The Morgan fingerprint density at radius 2 is 2.22 bits per heavy atom. The summed E-state index contributed by atoms with van der Waals surface area (Å²) in [6.07, 6.45) is 1.73. The van der Waals surface area contributed by atoms with Gasteiger partial charge in [0.25, 0.3) is 0 Å². The van der Waals surface area contributed by atoms with Crippen LogP contribution < -0.4 is 4.74 Å². The van der Waals surface area contributed by atoms with Gasteiger partial charge in [-0.25, -0.2) is 9.78 Å². The van der Waals surface area contributed by atoms with Gasteiger partial charge in [0.15, 0.2) is 0 Å². The average Bonchev–Trinajstić information content (AvgIpc) is 2.88. The van der Waals surface area contributed by atoms with Crippen LogP contribution in [0.15, 0.2) is 23.2 Å². The van der Waals surface area contributed by atoms with Gasteiger partial charge in [0.2, 0.25) is 0 Å². The van der Waals surface area contributed by atoms with Crippen molar-refractivity contribution in [3.63, 3.8) is 0 Å². The van der Waals surface area contributed by atoms with E-state index in [1.165, 1.54) is 11.3 Å². The lowest BCUT2D eigenvalue weighted by Gasteiger charge is -2.12. The van der Waals surface area contributed by atoms with Crippen LogP contribution in [0.1, 0.15) is 34.8 Å². The van der Waals surface area contributed by atoms with Gasteiger partial charge >= 0.3 is 5.97 Å². The van der Waals surface area contributed by atoms with Crippen molar-refractivity contribution in [2.24, 2.45) is 10.9 Å². The molecule has 0 saturated heterocycles. The Hall–Kier alpha value is -2.21. The highest BCUT2D eigenvalue weighted by atomic mass is 32.1. The number of aliphatic imine (C=N–C) groups is 1. The molecule has 0 bridgehead atoms. The van der Waals surface area contributed by atoms with Crippen LogP contribution >= 0.6 is 11.3 Å². The van der Waals surface area contributed by atoms with Gasteiger partial charge in [0.1, 0.15) is 15.6 Å². The fourth-order valence-corrected chi connectivity index (χ4v) is 2.93. The van der Waals surface area contributed by atoms with Crippen LogP contribution in [-0.4, -0.2) is 35.9 Å². The van der Waals surface area contributed by atoms with E-state index in [2.05, 4.69) is 23.8 Å². The molecule has 1 N–H and O–H groups in total. The van der Waals surface area contributed by atoms with Gasteiger partial charge < -0.3 is 9.84 Å². The van der Waals surface area contributed by atoms with Crippen molar-refractivity contribution in [1.29, 1.82) is 0 Å². The standard InChI is InChI=1S/C17H20N2O3S/c1-10(2)9-22-14-6-5-12(7-13(14)8-18-4)16-19-11(3)15(23-16)17(20)21/h5-8,10H,9H2,1-4H3,(H,20,21). The molecule has 0 radical (unpaired) electrons. The zero-order chi connectivity index (χ0) is 17.0. The SMILES string of the molecule is CN=Cc1cc(-c2nc(C)c(C(=O)O)s2)ccc1OCC(C)C. The predicted octanol–water partition coefficient (Wildman–Crippen LogP) is 3.90. The first-order chi connectivity index (χ1) is 10.9.